The molecule has 0 saturated carbocycles. The van der Waals surface area contributed by atoms with E-state index < -0.39 is 5.97 Å². The molecule has 122 valence electrons. The molecule has 0 spiro atoms. The van der Waals surface area contributed by atoms with Gasteiger partial charge < -0.3 is 20.0 Å². The maximum absolute atomic E-state index is 11.5. The van der Waals surface area contributed by atoms with Crippen molar-refractivity contribution in [1.29, 1.82) is 0 Å². The molecule has 0 aliphatic carbocycles. The minimum Gasteiger partial charge on any atom is -0.545 e. The Labute approximate surface area is 143 Å². The molecular weight excluding hydrogens is 328 g/mol. The number of aryl methyl sites for hydroxylation is 1. The molecule has 0 fully saturated rings. The highest BCUT2D eigenvalue weighted by atomic mass is 35.5. The molecule has 0 aliphatic rings. The van der Waals surface area contributed by atoms with Crippen LogP contribution in [0, 0.1) is 6.92 Å². The number of methoxy groups -OCH3 is 1. The van der Waals surface area contributed by atoms with Crippen molar-refractivity contribution in [2.75, 3.05) is 12.4 Å². The fraction of sp³-hybridized carbons (Fsp3) is 0.111. The normalized spacial score (nSPS) is 10.6. The van der Waals surface area contributed by atoms with E-state index in [9.17, 15) is 9.90 Å². The summed E-state index contributed by atoms with van der Waals surface area (Å²) in [7, 11) is 1.57. The van der Waals surface area contributed by atoms with Crippen LogP contribution >= 0.6 is 11.6 Å². The number of halogens is 1. The van der Waals surface area contributed by atoms with E-state index in [2.05, 4.69) is 10.3 Å². The number of carbonyl (C=O) groups excluding carboxylic acids is 1. The molecule has 24 heavy (non-hydrogen) atoms. The fourth-order valence-electron chi connectivity index (χ4n) is 2.52. The van der Waals surface area contributed by atoms with Crippen molar-refractivity contribution in [3.05, 3.63) is 58.7 Å². The van der Waals surface area contributed by atoms with Crippen molar-refractivity contribution in [2.45, 2.75) is 6.92 Å². The van der Waals surface area contributed by atoms with E-state index in [-0.39, 0.29) is 5.56 Å². The fourth-order valence-corrected chi connectivity index (χ4v) is 2.67. The number of carbonyl (C=O) groups is 1. The number of benzene rings is 2. The summed E-state index contributed by atoms with van der Waals surface area (Å²) in [6.45, 7) is 1.84. The second-order valence-electron chi connectivity index (χ2n) is 5.26. The van der Waals surface area contributed by atoms with E-state index in [1.54, 1.807) is 31.4 Å². The monoisotopic (exact) mass is 341 g/mol. The van der Waals surface area contributed by atoms with Gasteiger partial charge in [-0.3, -0.25) is 4.98 Å². The van der Waals surface area contributed by atoms with Crippen LogP contribution in [0.2, 0.25) is 5.02 Å². The zero-order chi connectivity index (χ0) is 17.3. The number of ether oxygens (including phenoxy) is 1. The van der Waals surface area contributed by atoms with Gasteiger partial charge in [0.2, 0.25) is 0 Å². The molecule has 0 bridgehead atoms. The van der Waals surface area contributed by atoms with Crippen molar-refractivity contribution in [1.82, 2.24) is 4.98 Å². The van der Waals surface area contributed by atoms with Gasteiger partial charge in [0.1, 0.15) is 5.75 Å². The number of fused-ring (bicyclic) bond motifs is 1. The van der Waals surface area contributed by atoms with Gasteiger partial charge in [-0.05, 0) is 36.8 Å². The topological polar surface area (TPSA) is 74.3 Å². The van der Waals surface area contributed by atoms with Crippen LogP contribution in [0.5, 0.6) is 5.75 Å². The quantitative estimate of drug-likeness (QED) is 0.788. The second kappa shape index (κ2) is 6.37. The second-order valence-corrected chi connectivity index (χ2v) is 5.67. The molecule has 0 unspecified atom stereocenters. The van der Waals surface area contributed by atoms with Gasteiger partial charge in [0.05, 0.1) is 24.3 Å². The van der Waals surface area contributed by atoms with Gasteiger partial charge in [0.15, 0.2) is 0 Å². The van der Waals surface area contributed by atoms with E-state index in [1.165, 1.54) is 6.20 Å². The van der Waals surface area contributed by atoms with E-state index >= 15 is 0 Å². The molecule has 6 heteroatoms. The number of carboxylic acid groups (broad SMARTS) is 1. The third kappa shape index (κ3) is 2.86. The zero-order valence-electron chi connectivity index (χ0n) is 13.1. The number of aromatic nitrogens is 1. The molecule has 1 aromatic heterocycles. The number of rotatable bonds is 4. The molecule has 3 aromatic rings. The molecule has 0 saturated heterocycles. The number of nitrogens with one attached hydrogen (secondary N) is 1. The predicted molar refractivity (Wildman–Crippen MR) is 92.1 cm³/mol. The Morgan fingerprint density at radius 1 is 1.29 bits per heavy atom. The predicted octanol–water partition coefficient (Wildman–Crippen LogP) is 3.31. The smallest absolute Gasteiger partial charge is 0.120 e. The standard InChI is InChI=1S/C18H15ClN2O3/c1-10-15(19)7-6-13-16(10)20-9-14(18(22)23)17(13)21-11-4-3-5-12(8-11)24-2/h3-9H,1-2H3,(H,20,21)(H,22,23)/p-1. The summed E-state index contributed by atoms with van der Waals surface area (Å²) in [4.78, 5) is 15.7. The zero-order valence-corrected chi connectivity index (χ0v) is 13.8. The summed E-state index contributed by atoms with van der Waals surface area (Å²) >= 11 is 6.14. The summed E-state index contributed by atoms with van der Waals surface area (Å²) < 4.78 is 5.19. The first-order valence-corrected chi connectivity index (χ1v) is 7.59. The average Bonchev–Trinajstić information content (AvgIpc) is 2.58. The molecule has 5 nitrogen and oxygen atoms in total. The number of hydrogen-bond donors (Lipinski definition) is 1. The van der Waals surface area contributed by atoms with Crippen LogP contribution in [0.4, 0.5) is 11.4 Å². The van der Waals surface area contributed by atoms with Crippen LogP contribution in [-0.2, 0) is 0 Å². The highest BCUT2D eigenvalue weighted by Gasteiger charge is 2.13. The number of anilines is 2. The summed E-state index contributed by atoms with van der Waals surface area (Å²) in [5.74, 6) is -0.644. The molecular formula is C18H14ClN2O3-. The van der Waals surface area contributed by atoms with E-state index in [1.807, 2.05) is 19.1 Å². The number of aromatic carboxylic acids is 1. The van der Waals surface area contributed by atoms with Gasteiger partial charge in [-0.15, -0.1) is 0 Å². The molecule has 2 aromatic carbocycles. The highest BCUT2D eigenvalue weighted by molar-refractivity contribution is 6.32. The van der Waals surface area contributed by atoms with Gasteiger partial charge in [-0.25, -0.2) is 0 Å². The first-order chi connectivity index (χ1) is 11.5. The summed E-state index contributed by atoms with van der Waals surface area (Å²) in [6.07, 6.45) is 1.28. The first kappa shape index (κ1) is 16.1. The number of pyridine rings is 1. The third-order valence-electron chi connectivity index (χ3n) is 3.79. The van der Waals surface area contributed by atoms with Crippen LogP contribution in [0.25, 0.3) is 10.9 Å². The van der Waals surface area contributed by atoms with Crippen LogP contribution in [0.1, 0.15) is 15.9 Å². The lowest BCUT2D eigenvalue weighted by Crippen LogP contribution is -2.23. The highest BCUT2D eigenvalue weighted by Crippen LogP contribution is 2.33. The van der Waals surface area contributed by atoms with Crippen LogP contribution < -0.4 is 15.2 Å². The van der Waals surface area contributed by atoms with Crippen LogP contribution in [0.15, 0.2) is 42.6 Å². The van der Waals surface area contributed by atoms with Gasteiger partial charge in [-0.1, -0.05) is 17.7 Å². The van der Waals surface area contributed by atoms with Crippen molar-refractivity contribution in [3.8, 4) is 5.75 Å². The van der Waals surface area contributed by atoms with Crippen molar-refractivity contribution in [3.63, 3.8) is 0 Å². The molecule has 3 rings (SSSR count). The largest absolute Gasteiger partial charge is 0.545 e. The molecule has 0 radical (unpaired) electrons. The third-order valence-corrected chi connectivity index (χ3v) is 4.19. The molecule has 0 amide bonds. The number of nitrogens with zero attached hydrogens (tertiary/aromatic N) is 1. The number of hydrogen-bond acceptors (Lipinski definition) is 5. The van der Waals surface area contributed by atoms with E-state index in [0.29, 0.717) is 33.0 Å². The maximum atomic E-state index is 11.5. The molecule has 0 aliphatic heterocycles. The van der Waals surface area contributed by atoms with Gasteiger partial charge >= 0.3 is 0 Å². The molecule has 1 N–H and O–H groups in total. The van der Waals surface area contributed by atoms with Crippen molar-refractivity contribution >= 4 is 39.8 Å². The molecule has 1 heterocycles. The van der Waals surface area contributed by atoms with Crippen LogP contribution in [0.3, 0.4) is 0 Å². The minimum absolute atomic E-state index is 0.0213. The SMILES string of the molecule is COc1cccc(Nc2c(C(=O)[O-])cnc3c(C)c(Cl)ccc23)c1. The molecule has 0 atom stereocenters. The van der Waals surface area contributed by atoms with Gasteiger partial charge in [0.25, 0.3) is 0 Å². The Hall–Kier alpha value is -2.79. The minimum atomic E-state index is -1.30. The lowest BCUT2D eigenvalue weighted by molar-refractivity contribution is -0.254. The Morgan fingerprint density at radius 2 is 2.08 bits per heavy atom. The summed E-state index contributed by atoms with van der Waals surface area (Å²) in [5, 5.41) is 15.8. The average molecular weight is 342 g/mol. The Bertz CT molecular complexity index is 941. The lowest BCUT2D eigenvalue weighted by Gasteiger charge is -2.17. The Kier molecular flexibility index (Phi) is 4.27. The Morgan fingerprint density at radius 3 is 2.79 bits per heavy atom. The van der Waals surface area contributed by atoms with Crippen molar-refractivity contribution < 1.29 is 14.6 Å². The van der Waals surface area contributed by atoms with Crippen LogP contribution in [-0.4, -0.2) is 18.1 Å². The van der Waals surface area contributed by atoms with E-state index in [0.717, 1.165) is 5.56 Å². The Balaban J connectivity index is 2.21. The summed E-state index contributed by atoms with van der Waals surface area (Å²) in [6, 6.07) is 10.7. The first-order valence-electron chi connectivity index (χ1n) is 7.21. The number of carboxylic acids is 1. The van der Waals surface area contributed by atoms with Gasteiger partial charge in [-0.2, -0.15) is 0 Å². The lowest BCUT2D eigenvalue weighted by atomic mass is 10.1. The summed E-state index contributed by atoms with van der Waals surface area (Å²) in [5.41, 5.74) is 2.50. The van der Waals surface area contributed by atoms with Crippen molar-refractivity contribution in [2.24, 2.45) is 0 Å². The van der Waals surface area contributed by atoms with Gasteiger partial charge in [0, 0.05) is 33.9 Å². The maximum Gasteiger partial charge on any atom is 0.120 e. The van der Waals surface area contributed by atoms with E-state index in [4.69, 9.17) is 16.3 Å².